The van der Waals surface area contributed by atoms with Crippen LogP contribution in [0.25, 0.3) is 6.08 Å². The number of ether oxygens (including phenoxy) is 1. The molecule has 1 aromatic carbocycles. The van der Waals surface area contributed by atoms with Crippen molar-refractivity contribution in [3.8, 4) is 11.5 Å². The van der Waals surface area contributed by atoms with Crippen LogP contribution in [0.4, 0.5) is 0 Å². The molecule has 0 bridgehead atoms. The first-order valence-electron chi connectivity index (χ1n) is 6.00. The summed E-state index contributed by atoms with van der Waals surface area (Å²) in [4.78, 5) is 43.9. The first kappa shape index (κ1) is 16.9. The van der Waals surface area contributed by atoms with Crippen LogP contribution < -0.4 is 0 Å². The zero-order valence-electron chi connectivity index (χ0n) is 11.2. The average Bonchev–Trinajstić information content (AvgIpc) is 2.45. The number of Topliss-reactive ketones (excluding diaryl/α,β-unsaturated/α-hetero) is 1. The fourth-order valence-corrected chi connectivity index (χ4v) is 1.31. The van der Waals surface area contributed by atoms with E-state index < -0.39 is 42.3 Å². The molecule has 116 valence electrons. The third kappa shape index (κ3) is 5.45. The van der Waals surface area contributed by atoms with Gasteiger partial charge in [0, 0.05) is 12.5 Å². The molecule has 0 aliphatic heterocycles. The second kappa shape index (κ2) is 7.58. The van der Waals surface area contributed by atoms with Gasteiger partial charge in [-0.3, -0.25) is 9.59 Å². The smallest absolute Gasteiger partial charge is 0.382 e. The monoisotopic (exact) mass is 308 g/mol. The number of phenolic OH excluding ortho intramolecular Hbond substituents is 2. The van der Waals surface area contributed by atoms with Crippen LogP contribution >= 0.6 is 0 Å². The molecule has 0 aliphatic carbocycles. The molecule has 0 atom stereocenters. The molecule has 0 aromatic heterocycles. The van der Waals surface area contributed by atoms with Gasteiger partial charge in [-0.25, -0.2) is 9.59 Å². The fourth-order valence-electron chi connectivity index (χ4n) is 1.31. The maximum Gasteiger partial charge on any atom is 0.382 e. The Balaban J connectivity index is 2.56. The summed E-state index contributed by atoms with van der Waals surface area (Å²) in [6.07, 6.45) is 0.937. The minimum absolute atomic E-state index is 0.334. The van der Waals surface area contributed by atoms with Gasteiger partial charge in [-0.15, -0.1) is 0 Å². The molecular formula is C14H12O8. The molecule has 0 amide bonds. The van der Waals surface area contributed by atoms with E-state index in [0.29, 0.717) is 5.56 Å². The lowest BCUT2D eigenvalue weighted by Gasteiger charge is -1.99. The summed E-state index contributed by atoms with van der Waals surface area (Å²) in [5, 5.41) is 26.7. The summed E-state index contributed by atoms with van der Waals surface area (Å²) in [6, 6.07) is 3.75. The van der Waals surface area contributed by atoms with E-state index in [9.17, 15) is 24.3 Å². The number of hydrogen-bond acceptors (Lipinski definition) is 7. The molecule has 8 nitrogen and oxygen atoms in total. The van der Waals surface area contributed by atoms with Crippen LogP contribution in [0, 0.1) is 0 Å². The number of rotatable bonds is 6. The van der Waals surface area contributed by atoms with Crippen molar-refractivity contribution >= 4 is 29.8 Å². The van der Waals surface area contributed by atoms with Gasteiger partial charge in [0.15, 0.2) is 11.5 Å². The number of carbonyl (C=O) groups is 4. The maximum atomic E-state index is 11.3. The van der Waals surface area contributed by atoms with E-state index in [1.54, 1.807) is 0 Å². The zero-order chi connectivity index (χ0) is 16.7. The average molecular weight is 308 g/mol. The van der Waals surface area contributed by atoms with Crippen molar-refractivity contribution in [2.24, 2.45) is 0 Å². The Hall–Kier alpha value is -3.16. The molecule has 0 radical (unpaired) electrons. The van der Waals surface area contributed by atoms with Crippen LogP contribution in [-0.4, -0.2) is 39.0 Å². The second-order valence-corrected chi connectivity index (χ2v) is 4.11. The lowest BCUT2D eigenvalue weighted by Crippen LogP contribution is -2.20. The van der Waals surface area contributed by atoms with E-state index in [-0.39, 0.29) is 5.75 Å². The van der Waals surface area contributed by atoms with Gasteiger partial charge < -0.3 is 20.1 Å². The van der Waals surface area contributed by atoms with Gasteiger partial charge in [0.25, 0.3) is 0 Å². The fraction of sp³-hybridized carbons (Fsp3) is 0.143. The van der Waals surface area contributed by atoms with E-state index in [1.165, 1.54) is 24.3 Å². The highest BCUT2D eigenvalue weighted by molar-refractivity contribution is 6.35. The number of hydrogen-bond donors (Lipinski definition) is 3. The molecule has 0 saturated carbocycles. The van der Waals surface area contributed by atoms with Crippen molar-refractivity contribution in [2.75, 3.05) is 0 Å². The summed E-state index contributed by atoms with van der Waals surface area (Å²) < 4.78 is 4.20. The summed E-state index contributed by atoms with van der Waals surface area (Å²) in [5.74, 6) is -5.66. The van der Waals surface area contributed by atoms with Crippen molar-refractivity contribution in [3.63, 3.8) is 0 Å². The largest absolute Gasteiger partial charge is 0.504 e. The Bertz CT molecular complexity index is 644. The standard InChI is InChI=1S/C14H12O8/c15-9-3-1-8(7-11(9)17)2-6-13(20)22-14(21)10(16)4-5-12(18)19/h1-3,6-7,15,17H,4-5H2,(H,18,19). The number of aromatic hydroxyl groups is 2. The summed E-state index contributed by atoms with van der Waals surface area (Å²) in [7, 11) is 0. The number of phenols is 2. The minimum atomic E-state index is -1.44. The third-order valence-electron chi connectivity index (χ3n) is 2.40. The second-order valence-electron chi connectivity index (χ2n) is 4.11. The molecule has 0 unspecified atom stereocenters. The van der Waals surface area contributed by atoms with E-state index in [4.69, 9.17) is 10.2 Å². The summed E-state index contributed by atoms with van der Waals surface area (Å²) in [5.41, 5.74) is 0.344. The zero-order valence-corrected chi connectivity index (χ0v) is 11.2. The number of aliphatic carboxylic acids is 1. The molecule has 0 heterocycles. The van der Waals surface area contributed by atoms with Gasteiger partial charge in [-0.2, -0.15) is 0 Å². The number of carboxylic acids is 1. The number of ketones is 1. The highest BCUT2D eigenvalue weighted by Crippen LogP contribution is 2.25. The van der Waals surface area contributed by atoms with Gasteiger partial charge >= 0.3 is 17.9 Å². The topological polar surface area (TPSA) is 138 Å². The Morgan fingerprint density at radius 1 is 1.05 bits per heavy atom. The van der Waals surface area contributed by atoms with Crippen LogP contribution in [0.2, 0.25) is 0 Å². The predicted molar refractivity (Wildman–Crippen MR) is 71.8 cm³/mol. The number of carboxylic acid groups (broad SMARTS) is 1. The Labute approximate surface area is 124 Å². The molecule has 0 saturated heterocycles. The van der Waals surface area contributed by atoms with Gasteiger partial charge in [0.2, 0.25) is 5.78 Å². The first-order chi connectivity index (χ1) is 10.3. The molecule has 22 heavy (non-hydrogen) atoms. The van der Waals surface area contributed by atoms with Crippen LogP contribution in [0.3, 0.4) is 0 Å². The van der Waals surface area contributed by atoms with Crippen molar-refractivity contribution < 1.29 is 39.2 Å². The number of benzene rings is 1. The van der Waals surface area contributed by atoms with E-state index in [1.807, 2.05) is 0 Å². The SMILES string of the molecule is O=C(O)CCC(=O)C(=O)OC(=O)C=Cc1ccc(O)c(O)c1. The molecule has 0 aliphatic rings. The van der Waals surface area contributed by atoms with Crippen molar-refractivity contribution in [2.45, 2.75) is 12.8 Å². The Morgan fingerprint density at radius 3 is 2.32 bits per heavy atom. The predicted octanol–water partition coefficient (Wildman–Crippen LogP) is 0.615. The number of esters is 2. The third-order valence-corrected chi connectivity index (χ3v) is 2.40. The van der Waals surface area contributed by atoms with Gasteiger partial charge in [0.1, 0.15) is 0 Å². The lowest BCUT2D eigenvalue weighted by atomic mass is 10.2. The van der Waals surface area contributed by atoms with E-state index >= 15 is 0 Å². The quantitative estimate of drug-likeness (QED) is 0.228. The summed E-state index contributed by atoms with van der Waals surface area (Å²) >= 11 is 0. The molecule has 1 rings (SSSR count). The van der Waals surface area contributed by atoms with E-state index in [2.05, 4.69) is 4.74 Å². The molecule has 3 N–H and O–H groups in total. The van der Waals surface area contributed by atoms with Crippen molar-refractivity contribution in [1.82, 2.24) is 0 Å². The maximum absolute atomic E-state index is 11.3. The van der Waals surface area contributed by atoms with E-state index in [0.717, 1.165) is 6.08 Å². The molecule has 1 aromatic rings. The van der Waals surface area contributed by atoms with Crippen molar-refractivity contribution in [1.29, 1.82) is 0 Å². The summed E-state index contributed by atoms with van der Waals surface area (Å²) in [6.45, 7) is 0. The van der Waals surface area contributed by atoms with Crippen LogP contribution in [-0.2, 0) is 23.9 Å². The molecular weight excluding hydrogens is 296 g/mol. The van der Waals surface area contributed by atoms with Crippen LogP contribution in [0.15, 0.2) is 24.3 Å². The normalized spacial score (nSPS) is 10.4. The van der Waals surface area contributed by atoms with Gasteiger partial charge in [-0.1, -0.05) is 6.07 Å². The molecule has 0 fully saturated rings. The van der Waals surface area contributed by atoms with Crippen LogP contribution in [0.1, 0.15) is 18.4 Å². The van der Waals surface area contributed by atoms with Crippen molar-refractivity contribution in [3.05, 3.63) is 29.8 Å². The van der Waals surface area contributed by atoms with Gasteiger partial charge in [-0.05, 0) is 23.8 Å². The van der Waals surface area contributed by atoms with Crippen LogP contribution in [0.5, 0.6) is 11.5 Å². The lowest BCUT2D eigenvalue weighted by molar-refractivity contribution is -0.161. The highest BCUT2D eigenvalue weighted by Gasteiger charge is 2.19. The molecule has 8 heteroatoms. The Morgan fingerprint density at radius 2 is 1.73 bits per heavy atom. The number of carbonyl (C=O) groups excluding carboxylic acids is 3. The first-order valence-corrected chi connectivity index (χ1v) is 6.00. The minimum Gasteiger partial charge on any atom is -0.504 e. The molecule has 0 spiro atoms. The van der Waals surface area contributed by atoms with Gasteiger partial charge in [0.05, 0.1) is 6.42 Å². The Kier molecular flexibility index (Phi) is 5.82. The highest BCUT2D eigenvalue weighted by atomic mass is 16.6.